The molecule has 0 aliphatic carbocycles. The third kappa shape index (κ3) is 6.71. The van der Waals surface area contributed by atoms with E-state index in [1.165, 1.54) is 12.1 Å². The molecule has 0 unspecified atom stereocenters. The SMILES string of the molecule is CC(C)OC(=O)CCNC(=O)c1ccc(S(=O)(=O)NC(C)(C)C)o1. The Morgan fingerprint density at radius 3 is 2.42 bits per heavy atom. The lowest BCUT2D eigenvalue weighted by Gasteiger charge is -2.18. The Morgan fingerprint density at radius 1 is 1.25 bits per heavy atom. The van der Waals surface area contributed by atoms with Crippen molar-refractivity contribution in [3.05, 3.63) is 17.9 Å². The summed E-state index contributed by atoms with van der Waals surface area (Å²) >= 11 is 0. The number of hydrogen-bond acceptors (Lipinski definition) is 6. The summed E-state index contributed by atoms with van der Waals surface area (Å²) in [6.45, 7) is 8.60. The predicted octanol–water partition coefficient (Wildman–Crippen LogP) is 1.43. The van der Waals surface area contributed by atoms with E-state index in [2.05, 4.69) is 10.0 Å². The van der Waals surface area contributed by atoms with Crippen LogP contribution in [-0.4, -0.2) is 38.5 Å². The quantitative estimate of drug-likeness (QED) is 0.711. The molecule has 0 atom stereocenters. The van der Waals surface area contributed by atoms with E-state index in [0.717, 1.165) is 0 Å². The molecule has 0 spiro atoms. The molecular formula is C15H24N2O6S. The van der Waals surface area contributed by atoms with Gasteiger partial charge in [-0.1, -0.05) is 0 Å². The Labute approximate surface area is 142 Å². The van der Waals surface area contributed by atoms with E-state index in [-0.39, 0.29) is 29.9 Å². The second kappa shape index (κ2) is 7.80. The van der Waals surface area contributed by atoms with Gasteiger partial charge in [0, 0.05) is 12.1 Å². The summed E-state index contributed by atoms with van der Waals surface area (Å²) in [5, 5.41) is 2.12. The molecule has 0 fully saturated rings. The molecule has 0 saturated carbocycles. The van der Waals surface area contributed by atoms with Gasteiger partial charge in [0.25, 0.3) is 15.9 Å². The van der Waals surface area contributed by atoms with Crippen LogP contribution in [-0.2, 0) is 19.6 Å². The number of esters is 1. The summed E-state index contributed by atoms with van der Waals surface area (Å²) < 4.78 is 36.6. The first-order valence-electron chi connectivity index (χ1n) is 7.52. The number of sulfonamides is 1. The Kier molecular flexibility index (Phi) is 6.56. The van der Waals surface area contributed by atoms with Crippen molar-refractivity contribution in [2.24, 2.45) is 0 Å². The minimum Gasteiger partial charge on any atom is -0.463 e. The molecule has 8 nitrogen and oxygen atoms in total. The van der Waals surface area contributed by atoms with Crippen molar-refractivity contribution in [2.45, 2.75) is 57.8 Å². The Morgan fingerprint density at radius 2 is 1.88 bits per heavy atom. The fourth-order valence-electron chi connectivity index (χ4n) is 1.73. The molecule has 24 heavy (non-hydrogen) atoms. The van der Waals surface area contributed by atoms with Gasteiger partial charge >= 0.3 is 5.97 Å². The van der Waals surface area contributed by atoms with Crippen LogP contribution in [0.3, 0.4) is 0 Å². The van der Waals surface area contributed by atoms with Crippen LogP contribution in [0.2, 0.25) is 0 Å². The van der Waals surface area contributed by atoms with Gasteiger partial charge in [0.15, 0.2) is 5.76 Å². The lowest BCUT2D eigenvalue weighted by atomic mass is 10.1. The van der Waals surface area contributed by atoms with E-state index in [9.17, 15) is 18.0 Å². The maximum atomic E-state index is 12.1. The van der Waals surface area contributed by atoms with Crippen LogP contribution in [0.1, 0.15) is 51.6 Å². The summed E-state index contributed by atoms with van der Waals surface area (Å²) in [5.74, 6) is -1.19. The van der Waals surface area contributed by atoms with E-state index >= 15 is 0 Å². The van der Waals surface area contributed by atoms with Crippen molar-refractivity contribution in [1.29, 1.82) is 0 Å². The van der Waals surface area contributed by atoms with Gasteiger partial charge in [0.05, 0.1) is 12.5 Å². The normalized spacial score (nSPS) is 12.2. The Balaban J connectivity index is 2.62. The number of ether oxygens (including phenoxy) is 1. The van der Waals surface area contributed by atoms with Gasteiger partial charge in [0.2, 0.25) is 5.09 Å². The van der Waals surface area contributed by atoms with Crippen molar-refractivity contribution < 1.29 is 27.2 Å². The molecule has 0 aromatic carbocycles. The largest absolute Gasteiger partial charge is 0.463 e. The number of carbonyl (C=O) groups excluding carboxylic acids is 2. The molecule has 0 bridgehead atoms. The highest BCUT2D eigenvalue weighted by atomic mass is 32.2. The van der Waals surface area contributed by atoms with Crippen LogP contribution in [0.5, 0.6) is 0 Å². The van der Waals surface area contributed by atoms with Crippen molar-refractivity contribution in [1.82, 2.24) is 10.0 Å². The smallest absolute Gasteiger partial charge is 0.307 e. The van der Waals surface area contributed by atoms with Crippen LogP contribution in [0.25, 0.3) is 0 Å². The zero-order valence-electron chi connectivity index (χ0n) is 14.5. The topological polar surface area (TPSA) is 115 Å². The van der Waals surface area contributed by atoms with Crippen LogP contribution in [0, 0.1) is 0 Å². The summed E-state index contributed by atoms with van der Waals surface area (Å²) in [4.78, 5) is 23.3. The molecule has 2 N–H and O–H groups in total. The fourth-order valence-corrected chi connectivity index (χ4v) is 3.08. The molecule has 0 saturated heterocycles. The number of amides is 1. The number of hydrogen-bond donors (Lipinski definition) is 2. The van der Waals surface area contributed by atoms with Crippen LogP contribution < -0.4 is 10.0 Å². The number of furan rings is 1. The molecule has 0 aliphatic heterocycles. The van der Waals surface area contributed by atoms with E-state index in [0.29, 0.717) is 0 Å². The lowest BCUT2D eigenvalue weighted by Crippen LogP contribution is -2.40. The third-order valence-electron chi connectivity index (χ3n) is 2.49. The average Bonchev–Trinajstić information content (AvgIpc) is 2.84. The first-order chi connectivity index (χ1) is 10.9. The first-order valence-corrected chi connectivity index (χ1v) is 9.00. The summed E-state index contributed by atoms with van der Waals surface area (Å²) in [5.41, 5.74) is -0.676. The van der Waals surface area contributed by atoms with Crippen molar-refractivity contribution in [3.8, 4) is 0 Å². The van der Waals surface area contributed by atoms with Crippen LogP contribution in [0.15, 0.2) is 21.6 Å². The maximum Gasteiger partial charge on any atom is 0.307 e. The summed E-state index contributed by atoms with van der Waals surface area (Å²) in [6.07, 6.45) is -0.206. The third-order valence-corrected chi connectivity index (χ3v) is 4.12. The summed E-state index contributed by atoms with van der Waals surface area (Å²) in [7, 11) is -3.85. The minimum atomic E-state index is -3.85. The molecule has 0 radical (unpaired) electrons. The van der Waals surface area contributed by atoms with Gasteiger partial charge in [-0.3, -0.25) is 9.59 Å². The highest BCUT2D eigenvalue weighted by Gasteiger charge is 2.26. The first kappa shape index (κ1) is 20.2. The molecule has 9 heteroatoms. The van der Waals surface area contributed by atoms with E-state index in [4.69, 9.17) is 9.15 Å². The zero-order chi connectivity index (χ0) is 18.5. The van der Waals surface area contributed by atoms with Gasteiger partial charge in [0.1, 0.15) is 0 Å². The molecule has 136 valence electrons. The van der Waals surface area contributed by atoms with Gasteiger partial charge in [-0.05, 0) is 46.8 Å². The Bertz CT molecular complexity index is 685. The highest BCUT2D eigenvalue weighted by Crippen LogP contribution is 2.16. The molecule has 1 aromatic heterocycles. The molecule has 1 rings (SSSR count). The average molecular weight is 360 g/mol. The fraction of sp³-hybridized carbons (Fsp3) is 0.600. The monoisotopic (exact) mass is 360 g/mol. The zero-order valence-corrected chi connectivity index (χ0v) is 15.3. The van der Waals surface area contributed by atoms with Gasteiger partial charge in [-0.15, -0.1) is 0 Å². The van der Waals surface area contributed by atoms with Crippen LogP contribution in [0.4, 0.5) is 0 Å². The Hall–Kier alpha value is -1.87. The van der Waals surface area contributed by atoms with E-state index in [1.807, 2.05) is 0 Å². The molecule has 0 aliphatic rings. The molecule has 1 aromatic rings. The number of carbonyl (C=O) groups is 2. The van der Waals surface area contributed by atoms with E-state index in [1.54, 1.807) is 34.6 Å². The van der Waals surface area contributed by atoms with Gasteiger partial charge in [-0.25, -0.2) is 13.1 Å². The number of nitrogens with one attached hydrogen (secondary N) is 2. The maximum absolute atomic E-state index is 12.1. The lowest BCUT2D eigenvalue weighted by molar-refractivity contribution is -0.147. The highest BCUT2D eigenvalue weighted by molar-refractivity contribution is 7.89. The summed E-state index contributed by atoms with van der Waals surface area (Å²) in [6, 6.07) is 2.47. The number of rotatable bonds is 7. The molecular weight excluding hydrogens is 336 g/mol. The minimum absolute atomic E-state index is 0.0152. The van der Waals surface area contributed by atoms with Gasteiger partial charge in [-0.2, -0.15) is 0 Å². The van der Waals surface area contributed by atoms with E-state index < -0.39 is 27.4 Å². The second-order valence-corrected chi connectivity index (χ2v) is 8.13. The standard InChI is InChI=1S/C15H24N2O6S/c1-10(2)22-12(18)8-9-16-14(19)11-6-7-13(23-11)24(20,21)17-15(3,4)5/h6-7,10,17H,8-9H2,1-5H3,(H,16,19). The van der Waals surface area contributed by atoms with Crippen molar-refractivity contribution in [3.63, 3.8) is 0 Å². The predicted molar refractivity (Wildman–Crippen MR) is 87.0 cm³/mol. The van der Waals surface area contributed by atoms with Crippen molar-refractivity contribution in [2.75, 3.05) is 6.54 Å². The second-order valence-electron chi connectivity index (χ2n) is 6.52. The molecule has 1 amide bonds. The van der Waals surface area contributed by atoms with Gasteiger partial charge < -0.3 is 14.5 Å². The molecule has 1 heterocycles. The van der Waals surface area contributed by atoms with Crippen LogP contribution >= 0.6 is 0 Å². The van der Waals surface area contributed by atoms with Crippen molar-refractivity contribution >= 4 is 21.9 Å².